The smallest absolute Gasteiger partial charge is 0.00851 e. The number of hydrogen-bond acceptors (Lipinski definition) is 0. The quantitative estimate of drug-likeness (QED) is 0.478. The van der Waals surface area contributed by atoms with Crippen molar-refractivity contribution in [3.8, 4) is 0 Å². The molecule has 0 aromatic rings. The summed E-state index contributed by atoms with van der Waals surface area (Å²) in [5.74, 6) is 6.22. The van der Waals surface area contributed by atoms with Crippen molar-refractivity contribution in [2.24, 2.45) is 46.3 Å². The summed E-state index contributed by atoms with van der Waals surface area (Å²) in [4.78, 5) is 0. The first kappa shape index (κ1) is 15.0. The van der Waals surface area contributed by atoms with Crippen molar-refractivity contribution < 1.29 is 0 Å². The van der Waals surface area contributed by atoms with Crippen LogP contribution in [0.3, 0.4) is 0 Å². The Morgan fingerprint density at radius 3 is 2.48 bits per heavy atom. The zero-order valence-electron chi connectivity index (χ0n) is 15.6. The number of fused-ring (bicyclic) bond motifs is 5. The van der Waals surface area contributed by atoms with Crippen molar-refractivity contribution in [3.63, 3.8) is 0 Å². The molecular weight excluding hydrogens is 276 g/mol. The number of allylic oxidation sites excluding steroid dienone is 2. The van der Waals surface area contributed by atoms with Crippen molar-refractivity contribution in [1.29, 1.82) is 0 Å². The first-order chi connectivity index (χ1) is 11.0. The topological polar surface area (TPSA) is 0 Å². The molecule has 5 aliphatic carbocycles. The highest BCUT2D eigenvalue weighted by Crippen LogP contribution is 2.67. The molecule has 5 aliphatic rings. The van der Waals surface area contributed by atoms with Crippen LogP contribution in [-0.2, 0) is 0 Å². The van der Waals surface area contributed by atoms with Gasteiger partial charge in [-0.25, -0.2) is 0 Å². The Labute approximate surface area is 143 Å². The molecule has 0 aliphatic heterocycles. The van der Waals surface area contributed by atoms with E-state index in [0.29, 0.717) is 10.8 Å². The minimum atomic E-state index is 0.585. The van der Waals surface area contributed by atoms with Crippen LogP contribution in [-0.4, -0.2) is 0 Å². The van der Waals surface area contributed by atoms with E-state index in [1.165, 1.54) is 44.9 Å². The Morgan fingerprint density at radius 2 is 1.70 bits per heavy atom. The maximum Gasteiger partial charge on any atom is -0.00851 e. The summed E-state index contributed by atoms with van der Waals surface area (Å²) in [5.41, 5.74) is 3.17. The monoisotopic (exact) mass is 312 g/mol. The third-order valence-corrected chi connectivity index (χ3v) is 9.90. The minimum absolute atomic E-state index is 0.585. The normalized spacial score (nSPS) is 55.6. The second kappa shape index (κ2) is 4.89. The molecule has 7 atom stereocenters. The maximum atomic E-state index is 2.77. The summed E-state index contributed by atoms with van der Waals surface area (Å²) >= 11 is 0. The molecule has 7 unspecified atom stereocenters. The van der Waals surface area contributed by atoms with E-state index in [4.69, 9.17) is 0 Å². The Balaban J connectivity index is 1.44. The van der Waals surface area contributed by atoms with Crippen molar-refractivity contribution in [2.45, 2.75) is 85.0 Å². The van der Waals surface area contributed by atoms with Gasteiger partial charge in [-0.1, -0.05) is 32.4 Å². The van der Waals surface area contributed by atoms with Gasteiger partial charge in [0.15, 0.2) is 0 Å². The molecule has 0 nitrogen and oxygen atoms in total. The fraction of sp³-hybridized carbons (Fsp3) is 0.913. The van der Waals surface area contributed by atoms with E-state index in [-0.39, 0.29) is 0 Å². The Kier molecular flexibility index (Phi) is 3.19. The van der Waals surface area contributed by atoms with Gasteiger partial charge in [0.2, 0.25) is 0 Å². The van der Waals surface area contributed by atoms with Crippen LogP contribution in [0.4, 0.5) is 0 Å². The molecule has 0 heteroatoms. The number of hydrogen-bond donors (Lipinski definition) is 0. The van der Waals surface area contributed by atoms with Crippen LogP contribution < -0.4 is 0 Å². The molecular formula is C23H36. The summed E-state index contributed by atoms with van der Waals surface area (Å²) < 4.78 is 0. The van der Waals surface area contributed by atoms with Gasteiger partial charge in [-0.15, -0.1) is 0 Å². The van der Waals surface area contributed by atoms with Gasteiger partial charge >= 0.3 is 0 Å². The molecule has 0 saturated heterocycles. The first-order valence-corrected chi connectivity index (χ1v) is 10.7. The van der Waals surface area contributed by atoms with Crippen molar-refractivity contribution in [2.75, 3.05) is 0 Å². The van der Waals surface area contributed by atoms with E-state index >= 15 is 0 Å². The van der Waals surface area contributed by atoms with Gasteiger partial charge in [0.25, 0.3) is 0 Å². The zero-order chi connectivity index (χ0) is 15.8. The van der Waals surface area contributed by atoms with Crippen molar-refractivity contribution in [3.05, 3.63) is 11.6 Å². The molecule has 0 heterocycles. The van der Waals surface area contributed by atoms with Crippen LogP contribution in [0, 0.1) is 46.3 Å². The van der Waals surface area contributed by atoms with Gasteiger partial charge in [0.05, 0.1) is 0 Å². The lowest BCUT2D eigenvalue weighted by Crippen LogP contribution is -2.49. The van der Waals surface area contributed by atoms with E-state index in [2.05, 4.69) is 26.8 Å². The van der Waals surface area contributed by atoms with E-state index in [1.54, 1.807) is 19.3 Å². The molecule has 4 fully saturated rings. The third-order valence-electron chi connectivity index (χ3n) is 9.90. The summed E-state index contributed by atoms with van der Waals surface area (Å²) in [6.45, 7) is 7.88. The van der Waals surface area contributed by atoms with Gasteiger partial charge in [-0.05, 0) is 111 Å². The third kappa shape index (κ3) is 2.02. The maximum absolute atomic E-state index is 2.77. The van der Waals surface area contributed by atoms with Gasteiger partial charge < -0.3 is 0 Å². The second-order valence-electron chi connectivity index (χ2n) is 10.6. The van der Waals surface area contributed by atoms with Crippen LogP contribution in [0.5, 0.6) is 0 Å². The molecule has 4 saturated carbocycles. The van der Waals surface area contributed by atoms with E-state index in [1.807, 2.05) is 5.57 Å². The van der Waals surface area contributed by atoms with E-state index in [0.717, 1.165) is 35.5 Å². The molecule has 5 rings (SSSR count). The standard InChI is InChI=1S/C23H36/c1-15-4-9-20-19-8-7-18-14-17(16-5-6-16)10-12-23(18,3)21(19)11-13-22(15,20)2/h7,15-17,19-21H,4-6,8-14H2,1-3H3. The molecule has 0 N–H and O–H groups in total. The van der Waals surface area contributed by atoms with Crippen LogP contribution in [0.25, 0.3) is 0 Å². The van der Waals surface area contributed by atoms with Gasteiger partial charge in [-0.2, -0.15) is 0 Å². The first-order valence-electron chi connectivity index (χ1n) is 10.7. The summed E-state index contributed by atoms with van der Waals surface area (Å²) in [6, 6.07) is 0. The highest BCUT2D eigenvalue weighted by molar-refractivity contribution is 5.25. The fourth-order valence-electron chi connectivity index (χ4n) is 7.92. The lowest BCUT2D eigenvalue weighted by atomic mass is 9.47. The summed E-state index contributed by atoms with van der Waals surface area (Å²) in [5, 5.41) is 0. The van der Waals surface area contributed by atoms with Gasteiger partial charge in [0, 0.05) is 0 Å². The summed E-state index contributed by atoms with van der Waals surface area (Å²) in [6.07, 6.45) is 17.9. The molecule has 0 radical (unpaired) electrons. The van der Waals surface area contributed by atoms with Gasteiger partial charge in [-0.3, -0.25) is 0 Å². The zero-order valence-corrected chi connectivity index (χ0v) is 15.6. The highest BCUT2D eigenvalue weighted by atomic mass is 14.6. The predicted octanol–water partition coefficient (Wildman–Crippen LogP) is 6.61. The fourth-order valence-corrected chi connectivity index (χ4v) is 7.92. The highest BCUT2D eigenvalue weighted by Gasteiger charge is 2.57. The lowest BCUT2D eigenvalue weighted by molar-refractivity contribution is -0.0423. The van der Waals surface area contributed by atoms with Gasteiger partial charge in [0.1, 0.15) is 0 Å². The lowest BCUT2D eigenvalue weighted by Gasteiger charge is -2.58. The SMILES string of the molecule is CC1CCC2C3CC=C4CC(C5CC5)CCC4(C)C3CCC12C. The molecule has 128 valence electrons. The summed E-state index contributed by atoms with van der Waals surface area (Å²) in [7, 11) is 0. The van der Waals surface area contributed by atoms with Crippen LogP contribution in [0.2, 0.25) is 0 Å². The van der Waals surface area contributed by atoms with Crippen LogP contribution >= 0.6 is 0 Å². The average Bonchev–Trinajstić information content (AvgIpc) is 3.33. The Hall–Kier alpha value is -0.260. The molecule has 0 aromatic heterocycles. The van der Waals surface area contributed by atoms with Crippen molar-refractivity contribution in [1.82, 2.24) is 0 Å². The Morgan fingerprint density at radius 1 is 0.870 bits per heavy atom. The molecule has 0 amide bonds. The average molecular weight is 313 g/mol. The minimum Gasteiger partial charge on any atom is -0.0845 e. The predicted molar refractivity (Wildman–Crippen MR) is 97.1 cm³/mol. The molecule has 0 bridgehead atoms. The van der Waals surface area contributed by atoms with E-state index < -0.39 is 0 Å². The second-order valence-corrected chi connectivity index (χ2v) is 10.6. The van der Waals surface area contributed by atoms with E-state index in [9.17, 15) is 0 Å². The molecule has 0 aromatic carbocycles. The van der Waals surface area contributed by atoms with Crippen LogP contribution in [0.15, 0.2) is 11.6 Å². The molecule has 23 heavy (non-hydrogen) atoms. The number of rotatable bonds is 1. The van der Waals surface area contributed by atoms with Crippen molar-refractivity contribution >= 4 is 0 Å². The molecule has 0 spiro atoms. The van der Waals surface area contributed by atoms with Crippen LogP contribution in [0.1, 0.15) is 85.0 Å². The Bertz CT molecular complexity index is 526. The largest absolute Gasteiger partial charge is 0.0845 e.